The number of carbonyl (C=O) groups excluding carboxylic acids is 1. The van der Waals surface area contributed by atoms with Crippen LogP contribution in [-0.2, 0) is 11.2 Å². The number of aromatic nitrogens is 2. The number of ether oxygens (including phenoxy) is 2. The van der Waals surface area contributed by atoms with E-state index >= 15 is 0 Å². The molecule has 0 saturated carbocycles. The second-order valence-corrected chi connectivity index (χ2v) is 9.66. The first kappa shape index (κ1) is 25.3. The summed E-state index contributed by atoms with van der Waals surface area (Å²) in [6.07, 6.45) is 4.16. The van der Waals surface area contributed by atoms with Crippen molar-refractivity contribution in [2.45, 2.75) is 18.6 Å². The van der Waals surface area contributed by atoms with Crippen LogP contribution in [0.3, 0.4) is 0 Å². The van der Waals surface area contributed by atoms with E-state index in [-0.39, 0.29) is 11.2 Å². The van der Waals surface area contributed by atoms with Crippen LogP contribution >= 0.6 is 11.8 Å². The third kappa shape index (κ3) is 5.95. The maximum atomic E-state index is 12.5. The van der Waals surface area contributed by atoms with E-state index in [4.69, 9.17) is 14.6 Å². The Bertz CT molecular complexity index is 1450. The number of amidine groups is 1. The molecule has 1 fully saturated rings. The summed E-state index contributed by atoms with van der Waals surface area (Å²) in [7, 11) is 1.64. The molecular weight excluding hydrogens is 498 g/mol. The molecule has 9 heteroatoms. The van der Waals surface area contributed by atoms with Gasteiger partial charge in [0.15, 0.2) is 5.17 Å². The molecule has 1 aliphatic heterocycles. The van der Waals surface area contributed by atoms with Gasteiger partial charge in [-0.1, -0.05) is 42.1 Å². The highest BCUT2D eigenvalue weighted by Crippen LogP contribution is 2.26. The van der Waals surface area contributed by atoms with E-state index < -0.39 is 0 Å². The largest absolute Gasteiger partial charge is 0.497 e. The fourth-order valence-corrected chi connectivity index (χ4v) is 4.97. The molecule has 0 aliphatic carbocycles. The molecule has 1 unspecified atom stereocenters. The smallest absolute Gasteiger partial charge is 0.239 e. The SMILES string of the molecule is CCOc1ccc(CC2S/C(=N/N=C/c3cn(-c4ccccc4)nc3-c3ccc(OC)cc3)NC2=O)cc1. The molecule has 1 N–H and O–H groups in total. The summed E-state index contributed by atoms with van der Waals surface area (Å²) in [5, 5.41) is 16.4. The van der Waals surface area contributed by atoms with Crippen LogP contribution in [0.15, 0.2) is 95.3 Å². The Balaban J connectivity index is 1.33. The number of hydrogen-bond acceptors (Lipinski definition) is 7. The first-order valence-electron chi connectivity index (χ1n) is 12.2. The summed E-state index contributed by atoms with van der Waals surface area (Å²) in [4.78, 5) is 12.5. The summed E-state index contributed by atoms with van der Waals surface area (Å²) in [5.41, 5.74) is 4.47. The lowest BCUT2D eigenvalue weighted by atomic mass is 10.1. The van der Waals surface area contributed by atoms with Gasteiger partial charge in [-0.2, -0.15) is 10.2 Å². The molecule has 0 spiro atoms. The molecule has 8 nitrogen and oxygen atoms in total. The van der Waals surface area contributed by atoms with Crippen LogP contribution in [0.2, 0.25) is 0 Å². The Hall–Kier alpha value is -4.37. The van der Waals surface area contributed by atoms with Crippen LogP contribution in [0.5, 0.6) is 11.5 Å². The monoisotopic (exact) mass is 525 g/mol. The molecule has 1 atom stereocenters. The highest BCUT2D eigenvalue weighted by molar-refractivity contribution is 8.15. The quantitative estimate of drug-likeness (QED) is 0.242. The minimum Gasteiger partial charge on any atom is -0.497 e. The molecule has 1 saturated heterocycles. The van der Waals surface area contributed by atoms with Gasteiger partial charge in [-0.25, -0.2) is 4.68 Å². The van der Waals surface area contributed by atoms with E-state index in [2.05, 4.69) is 15.5 Å². The van der Waals surface area contributed by atoms with Crippen molar-refractivity contribution in [1.29, 1.82) is 0 Å². The average Bonchev–Trinajstić information content (AvgIpc) is 3.53. The average molecular weight is 526 g/mol. The number of amides is 1. The first-order chi connectivity index (χ1) is 18.6. The van der Waals surface area contributed by atoms with Gasteiger partial charge in [-0.05, 0) is 67.4 Å². The molecule has 0 bridgehead atoms. The van der Waals surface area contributed by atoms with Gasteiger partial charge in [0.25, 0.3) is 0 Å². The second-order valence-electron chi connectivity index (χ2n) is 8.47. The number of thioether (sulfide) groups is 1. The Morgan fingerprint density at radius 1 is 1.03 bits per heavy atom. The molecule has 0 radical (unpaired) electrons. The number of nitrogens with one attached hydrogen (secondary N) is 1. The fraction of sp³-hybridized carbons (Fsp3) is 0.172. The molecule has 38 heavy (non-hydrogen) atoms. The summed E-state index contributed by atoms with van der Waals surface area (Å²) >= 11 is 1.38. The van der Waals surface area contributed by atoms with Gasteiger partial charge in [0.1, 0.15) is 17.2 Å². The molecule has 3 aromatic carbocycles. The lowest BCUT2D eigenvalue weighted by molar-refractivity contribution is -0.118. The Kier molecular flexibility index (Phi) is 7.84. The standard InChI is InChI=1S/C29H27N5O3S/c1-3-37-25-13-9-20(10-14-25)17-26-28(35)31-29(38-26)32-30-18-22-19-34(23-7-5-4-6-8-23)33-27(22)21-11-15-24(36-2)16-12-21/h4-16,18-19,26H,3,17H2,1-2H3,(H,31,32,35)/b30-18+. The van der Waals surface area contributed by atoms with Crippen LogP contribution in [0.4, 0.5) is 0 Å². The number of carbonyl (C=O) groups is 1. The van der Waals surface area contributed by atoms with E-state index in [1.807, 2.05) is 96.7 Å². The number of rotatable bonds is 9. The number of para-hydroxylation sites is 1. The van der Waals surface area contributed by atoms with Crippen molar-refractivity contribution < 1.29 is 14.3 Å². The number of hydrogen-bond donors (Lipinski definition) is 1. The van der Waals surface area contributed by atoms with Crippen molar-refractivity contribution in [3.8, 4) is 28.4 Å². The van der Waals surface area contributed by atoms with Gasteiger partial charge in [0.05, 0.1) is 30.9 Å². The molecule has 2 heterocycles. The molecule has 192 valence electrons. The van der Waals surface area contributed by atoms with E-state index in [0.717, 1.165) is 39.6 Å². The predicted molar refractivity (Wildman–Crippen MR) is 151 cm³/mol. The van der Waals surface area contributed by atoms with Crippen LogP contribution in [-0.4, -0.2) is 46.0 Å². The molecule has 1 aliphatic rings. The number of benzene rings is 3. The highest BCUT2D eigenvalue weighted by Gasteiger charge is 2.30. The van der Waals surface area contributed by atoms with E-state index in [9.17, 15) is 4.79 Å². The van der Waals surface area contributed by atoms with Crippen LogP contribution in [0, 0.1) is 0 Å². The van der Waals surface area contributed by atoms with Crippen molar-refractivity contribution in [2.24, 2.45) is 10.2 Å². The third-order valence-electron chi connectivity index (χ3n) is 5.90. The van der Waals surface area contributed by atoms with Crippen molar-refractivity contribution in [1.82, 2.24) is 15.1 Å². The lowest BCUT2D eigenvalue weighted by Gasteiger charge is -2.07. The first-order valence-corrected chi connectivity index (χ1v) is 13.1. The molecule has 1 aromatic heterocycles. The molecular formula is C29H27N5O3S. The third-order valence-corrected chi connectivity index (χ3v) is 6.98. The van der Waals surface area contributed by atoms with Gasteiger partial charge in [-0.3, -0.25) is 4.79 Å². The van der Waals surface area contributed by atoms with Crippen LogP contribution < -0.4 is 14.8 Å². The predicted octanol–water partition coefficient (Wildman–Crippen LogP) is 5.11. The number of methoxy groups -OCH3 is 1. The van der Waals surface area contributed by atoms with Crippen molar-refractivity contribution in [2.75, 3.05) is 13.7 Å². The molecule has 4 aromatic rings. The Morgan fingerprint density at radius 2 is 1.76 bits per heavy atom. The van der Waals surface area contributed by atoms with Gasteiger partial charge >= 0.3 is 0 Å². The minimum atomic E-state index is -0.266. The lowest BCUT2D eigenvalue weighted by Crippen LogP contribution is -2.25. The molecule has 1 amide bonds. The van der Waals surface area contributed by atoms with Crippen LogP contribution in [0.25, 0.3) is 16.9 Å². The van der Waals surface area contributed by atoms with E-state index in [1.54, 1.807) is 13.3 Å². The van der Waals surface area contributed by atoms with Gasteiger partial charge in [-0.15, -0.1) is 5.10 Å². The molecule has 5 rings (SSSR count). The Morgan fingerprint density at radius 3 is 2.47 bits per heavy atom. The van der Waals surface area contributed by atoms with Gasteiger partial charge in [0, 0.05) is 17.3 Å². The van der Waals surface area contributed by atoms with E-state index in [0.29, 0.717) is 18.2 Å². The van der Waals surface area contributed by atoms with Gasteiger partial charge in [0.2, 0.25) is 5.91 Å². The summed E-state index contributed by atoms with van der Waals surface area (Å²) < 4.78 is 12.6. The maximum Gasteiger partial charge on any atom is 0.239 e. The second kappa shape index (κ2) is 11.8. The number of nitrogens with zero attached hydrogens (tertiary/aromatic N) is 4. The maximum absolute atomic E-state index is 12.5. The fourth-order valence-electron chi connectivity index (χ4n) is 4.00. The van der Waals surface area contributed by atoms with Crippen LogP contribution in [0.1, 0.15) is 18.1 Å². The van der Waals surface area contributed by atoms with Crippen molar-refractivity contribution >= 4 is 29.1 Å². The minimum absolute atomic E-state index is 0.0753. The Labute approximate surface area is 225 Å². The summed E-state index contributed by atoms with van der Waals surface area (Å²) in [5.74, 6) is 1.52. The van der Waals surface area contributed by atoms with Crippen molar-refractivity contribution in [3.63, 3.8) is 0 Å². The van der Waals surface area contributed by atoms with Crippen molar-refractivity contribution in [3.05, 3.63) is 96.2 Å². The summed E-state index contributed by atoms with van der Waals surface area (Å²) in [6.45, 7) is 2.57. The highest BCUT2D eigenvalue weighted by atomic mass is 32.2. The zero-order valence-corrected chi connectivity index (χ0v) is 21.9. The topological polar surface area (TPSA) is 90.1 Å². The van der Waals surface area contributed by atoms with E-state index in [1.165, 1.54) is 11.8 Å². The zero-order chi connectivity index (χ0) is 26.3. The summed E-state index contributed by atoms with van der Waals surface area (Å²) in [6, 6.07) is 25.4. The zero-order valence-electron chi connectivity index (χ0n) is 21.1. The normalized spacial score (nSPS) is 16.2. The van der Waals surface area contributed by atoms with Gasteiger partial charge < -0.3 is 14.8 Å².